The third kappa shape index (κ3) is 5.99. The fraction of sp³-hybridized carbons (Fsp3) is 0.500. The molecular formula is C14H20N2O4. The average molecular weight is 280 g/mol. The second kappa shape index (κ2) is 7.82. The van der Waals surface area contributed by atoms with Crippen LogP contribution < -0.4 is 10.1 Å². The van der Waals surface area contributed by atoms with E-state index in [2.05, 4.69) is 5.32 Å². The number of nitriles is 1. The van der Waals surface area contributed by atoms with Gasteiger partial charge in [0.1, 0.15) is 18.5 Å². The zero-order valence-electron chi connectivity index (χ0n) is 11.4. The van der Waals surface area contributed by atoms with Gasteiger partial charge in [-0.05, 0) is 25.1 Å². The van der Waals surface area contributed by atoms with Crippen molar-refractivity contribution in [2.45, 2.75) is 18.6 Å². The molecule has 1 aromatic carbocycles. The molecule has 0 saturated carbocycles. The van der Waals surface area contributed by atoms with Gasteiger partial charge < -0.3 is 25.4 Å². The Kier molecular flexibility index (Phi) is 6.42. The molecule has 110 valence electrons. The van der Waals surface area contributed by atoms with Gasteiger partial charge in [0.05, 0.1) is 23.8 Å². The van der Waals surface area contributed by atoms with Crippen LogP contribution in [0, 0.1) is 11.3 Å². The summed E-state index contributed by atoms with van der Waals surface area (Å²) in [7, 11) is 0. The van der Waals surface area contributed by atoms with Gasteiger partial charge >= 0.3 is 0 Å². The molecule has 6 heteroatoms. The molecule has 0 amide bonds. The highest BCUT2D eigenvalue weighted by atomic mass is 16.5. The van der Waals surface area contributed by atoms with Crippen LogP contribution in [-0.4, -0.2) is 53.3 Å². The number of nitrogens with zero attached hydrogens (tertiary/aromatic N) is 1. The highest BCUT2D eigenvalue weighted by Gasteiger charge is 2.18. The highest BCUT2D eigenvalue weighted by molar-refractivity contribution is 5.36. The molecule has 0 fully saturated rings. The lowest BCUT2D eigenvalue weighted by molar-refractivity contribution is -0.000325. The first kappa shape index (κ1) is 16.4. The SMILES string of the molecule is CC(O)(CO)CNCC(O)COc1cccc(C#N)c1. The number of nitrogens with one attached hydrogen (secondary N) is 1. The predicted octanol–water partition coefficient (Wildman–Crippen LogP) is -0.369. The molecule has 0 aliphatic heterocycles. The minimum atomic E-state index is -1.21. The Morgan fingerprint density at radius 2 is 2.25 bits per heavy atom. The van der Waals surface area contributed by atoms with Gasteiger partial charge in [-0.1, -0.05) is 6.07 Å². The van der Waals surface area contributed by atoms with Crippen molar-refractivity contribution in [3.05, 3.63) is 29.8 Å². The molecule has 0 aliphatic carbocycles. The van der Waals surface area contributed by atoms with Gasteiger partial charge in [0.2, 0.25) is 0 Å². The largest absolute Gasteiger partial charge is 0.491 e. The van der Waals surface area contributed by atoms with E-state index in [0.717, 1.165) is 0 Å². The van der Waals surface area contributed by atoms with Gasteiger partial charge in [0.25, 0.3) is 0 Å². The van der Waals surface area contributed by atoms with Crippen LogP contribution in [0.15, 0.2) is 24.3 Å². The van der Waals surface area contributed by atoms with E-state index in [1.54, 1.807) is 24.3 Å². The molecular weight excluding hydrogens is 260 g/mol. The maximum absolute atomic E-state index is 9.71. The number of hydrogen-bond acceptors (Lipinski definition) is 6. The summed E-state index contributed by atoms with van der Waals surface area (Å²) >= 11 is 0. The van der Waals surface area contributed by atoms with Gasteiger partial charge in [-0.25, -0.2) is 0 Å². The summed E-state index contributed by atoms with van der Waals surface area (Å²) in [5.41, 5.74) is -0.712. The van der Waals surface area contributed by atoms with E-state index in [4.69, 9.17) is 15.1 Å². The van der Waals surface area contributed by atoms with Gasteiger partial charge in [0, 0.05) is 13.1 Å². The molecule has 20 heavy (non-hydrogen) atoms. The molecule has 2 unspecified atom stereocenters. The van der Waals surface area contributed by atoms with Gasteiger partial charge in [-0.3, -0.25) is 0 Å². The van der Waals surface area contributed by atoms with Crippen molar-refractivity contribution in [2.24, 2.45) is 0 Å². The first-order valence-electron chi connectivity index (χ1n) is 6.32. The Balaban J connectivity index is 2.29. The fourth-order valence-corrected chi connectivity index (χ4v) is 1.47. The van der Waals surface area contributed by atoms with Crippen LogP contribution in [0.25, 0.3) is 0 Å². The zero-order chi connectivity index (χ0) is 15.0. The smallest absolute Gasteiger partial charge is 0.120 e. The molecule has 0 aliphatic rings. The number of hydrogen-bond donors (Lipinski definition) is 4. The number of aliphatic hydroxyl groups is 3. The summed E-state index contributed by atoms with van der Waals surface area (Å²) in [6.07, 6.45) is -0.754. The van der Waals surface area contributed by atoms with E-state index in [-0.39, 0.29) is 26.3 Å². The second-order valence-corrected chi connectivity index (χ2v) is 4.89. The lowest BCUT2D eigenvalue weighted by Crippen LogP contribution is -2.44. The zero-order valence-corrected chi connectivity index (χ0v) is 11.4. The molecule has 0 heterocycles. The molecule has 0 saturated heterocycles. The van der Waals surface area contributed by atoms with Crippen LogP contribution in [-0.2, 0) is 0 Å². The summed E-state index contributed by atoms with van der Waals surface area (Å²) in [5.74, 6) is 0.519. The number of aliphatic hydroxyl groups excluding tert-OH is 2. The summed E-state index contributed by atoms with van der Waals surface area (Å²) in [6.45, 7) is 1.62. The third-order valence-electron chi connectivity index (χ3n) is 2.63. The van der Waals surface area contributed by atoms with Crippen molar-refractivity contribution in [2.75, 3.05) is 26.3 Å². The topological polar surface area (TPSA) is 106 Å². The van der Waals surface area contributed by atoms with Crippen molar-refractivity contribution < 1.29 is 20.1 Å². The first-order valence-corrected chi connectivity index (χ1v) is 6.32. The van der Waals surface area contributed by atoms with Crippen molar-refractivity contribution in [3.63, 3.8) is 0 Å². The lowest BCUT2D eigenvalue weighted by atomic mass is 10.1. The van der Waals surface area contributed by atoms with E-state index in [0.29, 0.717) is 11.3 Å². The minimum absolute atomic E-state index is 0.0726. The van der Waals surface area contributed by atoms with Crippen molar-refractivity contribution in [3.8, 4) is 11.8 Å². The van der Waals surface area contributed by atoms with E-state index in [1.165, 1.54) is 6.92 Å². The Morgan fingerprint density at radius 3 is 2.90 bits per heavy atom. The lowest BCUT2D eigenvalue weighted by Gasteiger charge is -2.22. The third-order valence-corrected chi connectivity index (χ3v) is 2.63. The molecule has 2 atom stereocenters. The van der Waals surface area contributed by atoms with Crippen LogP contribution in [0.3, 0.4) is 0 Å². The highest BCUT2D eigenvalue weighted by Crippen LogP contribution is 2.12. The molecule has 4 N–H and O–H groups in total. The van der Waals surface area contributed by atoms with Crippen molar-refractivity contribution >= 4 is 0 Å². The Hall–Kier alpha value is -1.65. The summed E-state index contributed by atoms with van der Waals surface area (Å²) in [5, 5.41) is 39.7. The average Bonchev–Trinajstić information content (AvgIpc) is 2.45. The van der Waals surface area contributed by atoms with E-state index < -0.39 is 11.7 Å². The summed E-state index contributed by atoms with van der Waals surface area (Å²) < 4.78 is 5.37. The normalized spacial score (nSPS) is 15.2. The van der Waals surface area contributed by atoms with E-state index >= 15 is 0 Å². The molecule has 6 nitrogen and oxygen atoms in total. The molecule has 0 aromatic heterocycles. The van der Waals surface area contributed by atoms with Gasteiger partial charge in [-0.2, -0.15) is 5.26 Å². The Bertz CT molecular complexity index is 457. The number of ether oxygens (including phenoxy) is 1. The summed E-state index contributed by atoms with van der Waals surface area (Å²) in [6, 6.07) is 8.68. The molecule has 0 bridgehead atoms. The van der Waals surface area contributed by atoms with Crippen LogP contribution >= 0.6 is 0 Å². The maximum atomic E-state index is 9.71. The second-order valence-electron chi connectivity index (χ2n) is 4.89. The fourth-order valence-electron chi connectivity index (χ4n) is 1.47. The van der Waals surface area contributed by atoms with Crippen LogP contribution in [0.1, 0.15) is 12.5 Å². The standard InChI is InChI=1S/C14H20N2O4/c1-14(19,10-17)9-16-7-12(18)8-20-13-4-2-3-11(5-13)6-15/h2-5,12,16-19H,7-10H2,1H3. The Labute approximate surface area is 118 Å². The van der Waals surface area contributed by atoms with Crippen LogP contribution in [0.2, 0.25) is 0 Å². The molecule has 1 aromatic rings. The predicted molar refractivity (Wildman–Crippen MR) is 73.2 cm³/mol. The van der Waals surface area contributed by atoms with Crippen LogP contribution in [0.5, 0.6) is 5.75 Å². The number of rotatable bonds is 8. The van der Waals surface area contributed by atoms with Gasteiger partial charge in [-0.15, -0.1) is 0 Å². The molecule has 0 radical (unpaired) electrons. The van der Waals surface area contributed by atoms with Crippen molar-refractivity contribution in [1.29, 1.82) is 5.26 Å². The van der Waals surface area contributed by atoms with Crippen LogP contribution in [0.4, 0.5) is 0 Å². The quantitative estimate of drug-likeness (QED) is 0.518. The first-order chi connectivity index (χ1) is 9.46. The Morgan fingerprint density at radius 1 is 1.50 bits per heavy atom. The molecule has 0 spiro atoms. The molecule has 1 rings (SSSR count). The van der Waals surface area contributed by atoms with Gasteiger partial charge in [0.15, 0.2) is 0 Å². The monoisotopic (exact) mass is 280 g/mol. The maximum Gasteiger partial charge on any atom is 0.120 e. The minimum Gasteiger partial charge on any atom is -0.491 e. The van der Waals surface area contributed by atoms with Crippen molar-refractivity contribution in [1.82, 2.24) is 5.32 Å². The van der Waals surface area contributed by atoms with E-state index in [9.17, 15) is 10.2 Å². The number of benzene rings is 1. The summed E-state index contributed by atoms with van der Waals surface area (Å²) in [4.78, 5) is 0. The van der Waals surface area contributed by atoms with E-state index in [1.807, 2.05) is 6.07 Å².